The number of aliphatic carboxylic acids is 1. The Morgan fingerprint density at radius 2 is 2.00 bits per heavy atom. The topological polar surface area (TPSA) is 59.4 Å². The van der Waals surface area contributed by atoms with Crippen molar-refractivity contribution in [2.45, 2.75) is 71.6 Å². The molecule has 1 aliphatic rings. The maximum Gasteiger partial charge on any atom is 0.313 e. The van der Waals surface area contributed by atoms with Gasteiger partial charge in [-0.3, -0.25) is 4.79 Å². The monoisotopic (exact) mass is 437 g/mol. The fourth-order valence-electron chi connectivity index (χ4n) is 5.19. The van der Waals surface area contributed by atoms with Gasteiger partial charge in [-0.15, -0.1) is 11.3 Å². The summed E-state index contributed by atoms with van der Waals surface area (Å²) in [5, 5.41) is 11.5. The Morgan fingerprint density at radius 1 is 1.26 bits per heavy atom. The van der Waals surface area contributed by atoms with E-state index >= 15 is 0 Å². The van der Waals surface area contributed by atoms with E-state index in [2.05, 4.69) is 12.1 Å². The maximum absolute atomic E-state index is 12.7. The highest BCUT2D eigenvalue weighted by Gasteiger charge is 2.40. The Hall–Kier alpha value is -2.40. The lowest BCUT2D eigenvalue weighted by Gasteiger charge is -2.30. The van der Waals surface area contributed by atoms with Crippen LogP contribution in [-0.4, -0.2) is 23.2 Å². The number of fused-ring (bicyclic) bond motifs is 3. The highest BCUT2D eigenvalue weighted by atomic mass is 32.1. The van der Waals surface area contributed by atoms with E-state index in [1.165, 1.54) is 16.9 Å². The summed E-state index contributed by atoms with van der Waals surface area (Å²) in [6.45, 7) is 7.92. The highest BCUT2D eigenvalue weighted by Crippen LogP contribution is 2.49. The van der Waals surface area contributed by atoms with Crippen molar-refractivity contribution in [1.29, 1.82) is 0 Å². The summed E-state index contributed by atoms with van der Waals surface area (Å²) in [6, 6.07) is 6.21. The average molecular weight is 438 g/mol. The van der Waals surface area contributed by atoms with Crippen molar-refractivity contribution < 1.29 is 14.6 Å². The molecule has 1 N–H and O–H groups in total. The molecule has 4 rings (SSSR count). The lowest BCUT2D eigenvalue weighted by atomic mass is 9.73. The summed E-state index contributed by atoms with van der Waals surface area (Å²) in [7, 11) is 1.69. The molecule has 1 aliphatic carbocycles. The molecule has 1 unspecified atom stereocenters. The van der Waals surface area contributed by atoms with Crippen LogP contribution in [0, 0.1) is 13.8 Å². The van der Waals surface area contributed by atoms with Gasteiger partial charge in [0, 0.05) is 27.1 Å². The van der Waals surface area contributed by atoms with Crippen LogP contribution in [0.1, 0.15) is 66.8 Å². The van der Waals surface area contributed by atoms with Crippen LogP contribution < -0.4 is 4.74 Å². The smallest absolute Gasteiger partial charge is 0.313 e. The van der Waals surface area contributed by atoms with E-state index in [0.29, 0.717) is 6.42 Å². The number of hydrogen-bond donors (Lipinski definition) is 1. The first-order valence-corrected chi connectivity index (χ1v) is 12.0. The molecule has 0 radical (unpaired) electrons. The molecule has 0 saturated carbocycles. The van der Waals surface area contributed by atoms with Gasteiger partial charge in [0.05, 0.1) is 12.5 Å². The standard InChI is InChI=1S/C26H31NO3S/c1-6-13-26(4,25(28)29)23-16(3)27-24-22(18-9-7-8-10-20(18)31-24)21(23)17-12-11-15(2)14-19(17)30-5/h11-12,14H,6-10,13H2,1-5H3,(H,28,29). The van der Waals surface area contributed by atoms with Gasteiger partial charge in [-0.25, -0.2) is 4.98 Å². The van der Waals surface area contributed by atoms with Gasteiger partial charge >= 0.3 is 5.97 Å². The van der Waals surface area contributed by atoms with Gasteiger partial charge in [0.2, 0.25) is 0 Å². The van der Waals surface area contributed by atoms with Crippen LogP contribution >= 0.6 is 11.3 Å². The molecule has 31 heavy (non-hydrogen) atoms. The van der Waals surface area contributed by atoms with Crippen molar-refractivity contribution in [3.8, 4) is 16.9 Å². The van der Waals surface area contributed by atoms with Crippen molar-refractivity contribution in [2.24, 2.45) is 0 Å². The number of thiophene rings is 1. The fraction of sp³-hybridized carbons (Fsp3) is 0.462. The van der Waals surface area contributed by atoms with Crippen molar-refractivity contribution in [1.82, 2.24) is 4.98 Å². The van der Waals surface area contributed by atoms with Crippen molar-refractivity contribution in [3.63, 3.8) is 0 Å². The van der Waals surface area contributed by atoms with E-state index in [1.54, 1.807) is 18.4 Å². The van der Waals surface area contributed by atoms with Crippen LogP contribution in [0.5, 0.6) is 5.75 Å². The Kier molecular flexibility index (Phi) is 5.82. The quantitative estimate of drug-likeness (QED) is 0.471. The van der Waals surface area contributed by atoms with E-state index in [4.69, 9.17) is 9.72 Å². The van der Waals surface area contributed by atoms with Gasteiger partial charge in [0.25, 0.3) is 0 Å². The summed E-state index contributed by atoms with van der Waals surface area (Å²) >= 11 is 1.78. The van der Waals surface area contributed by atoms with E-state index in [1.807, 2.05) is 33.8 Å². The molecule has 0 fully saturated rings. The van der Waals surface area contributed by atoms with Crippen LogP contribution in [0.4, 0.5) is 0 Å². The molecule has 0 spiro atoms. The zero-order chi connectivity index (χ0) is 22.3. The lowest BCUT2D eigenvalue weighted by molar-refractivity contribution is -0.143. The summed E-state index contributed by atoms with van der Waals surface area (Å²) in [6.07, 6.45) is 5.82. The number of nitrogens with zero attached hydrogens (tertiary/aromatic N) is 1. The molecule has 1 aromatic carbocycles. The van der Waals surface area contributed by atoms with E-state index in [9.17, 15) is 9.90 Å². The second-order valence-corrected chi connectivity index (χ2v) is 10.0. The molecule has 0 amide bonds. The van der Waals surface area contributed by atoms with Gasteiger partial charge < -0.3 is 9.84 Å². The normalized spacial score (nSPS) is 15.5. The first-order valence-electron chi connectivity index (χ1n) is 11.2. The van der Waals surface area contributed by atoms with Crippen LogP contribution in [0.2, 0.25) is 0 Å². The molecule has 0 saturated heterocycles. The Morgan fingerprint density at radius 3 is 2.68 bits per heavy atom. The third-order valence-corrected chi connectivity index (χ3v) is 7.87. The van der Waals surface area contributed by atoms with Gasteiger partial charge in [0.1, 0.15) is 10.6 Å². The predicted molar refractivity (Wildman–Crippen MR) is 128 cm³/mol. The SMILES string of the molecule is CCCC(C)(C(=O)O)c1c(C)nc2sc3c(c2c1-c1ccc(C)cc1OC)CCCC3. The zero-order valence-electron chi connectivity index (χ0n) is 19.1. The molecular weight excluding hydrogens is 406 g/mol. The molecule has 0 bridgehead atoms. The van der Waals surface area contributed by atoms with Crippen molar-refractivity contribution in [3.05, 3.63) is 45.5 Å². The second kappa shape index (κ2) is 8.27. The molecule has 3 aromatic rings. The number of carbonyl (C=O) groups is 1. The summed E-state index contributed by atoms with van der Waals surface area (Å²) in [5.41, 5.74) is 5.08. The molecule has 2 heterocycles. The second-order valence-electron chi connectivity index (χ2n) is 8.93. The minimum Gasteiger partial charge on any atom is -0.496 e. The van der Waals surface area contributed by atoms with Crippen LogP contribution in [0.25, 0.3) is 21.3 Å². The first kappa shape index (κ1) is 21.8. The molecule has 4 nitrogen and oxygen atoms in total. The number of ether oxygens (including phenoxy) is 1. The maximum atomic E-state index is 12.7. The van der Waals surface area contributed by atoms with Crippen LogP contribution in [-0.2, 0) is 23.1 Å². The fourth-order valence-corrected chi connectivity index (χ4v) is 6.51. The van der Waals surface area contributed by atoms with Crippen molar-refractivity contribution in [2.75, 3.05) is 7.11 Å². The van der Waals surface area contributed by atoms with Gasteiger partial charge in [-0.05, 0) is 75.6 Å². The molecule has 5 heteroatoms. The molecule has 0 aliphatic heterocycles. The average Bonchev–Trinajstić information content (AvgIpc) is 3.10. The number of benzene rings is 1. The lowest BCUT2D eigenvalue weighted by Crippen LogP contribution is -2.34. The third kappa shape index (κ3) is 3.53. The van der Waals surface area contributed by atoms with Crippen LogP contribution in [0.15, 0.2) is 18.2 Å². The molecule has 2 aromatic heterocycles. The third-order valence-electron chi connectivity index (χ3n) is 6.68. The first-order chi connectivity index (χ1) is 14.8. The molecule has 164 valence electrons. The number of methoxy groups -OCH3 is 1. The summed E-state index contributed by atoms with van der Waals surface area (Å²) < 4.78 is 5.81. The number of hydrogen-bond acceptors (Lipinski definition) is 4. The number of carboxylic acids is 1. The zero-order valence-corrected chi connectivity index (χ0v) is 19.9. The largest absolute Gasteiger partial charge is 0.496 e. The molecular formula is C26H31NO3S. The Balaban J connectivity index is 2.19. The highest BCUT2D eigenvalue weighted by molar-refractivity contribution is 7.19. The van der Waals surface area contributed by atoms with E-state index in [0.717, 1.165) is 69.6 Å². The van der Waals surface area contributed by atoms with Gasteiger partial charge in [-0.2, -0.15) is 0 Å². The molecule has 1 atom stereocenters. The van der Waals surface area contributed by atoms with Gasteiger partial charge in [-0.1, -0.05) is 25.5 Å². The Bertz CT molecular complexity index is 1160. The van der Waals surface area contributed by atoms with E-state index < -0.39 is 11.4 Å². The summed E-state index contributed by atoms with van der Waals surface area (Å²) in [5.74, 6) is -0.0110. The number of aryl methyl sites for hydroxylation is 4. The number of carboxylic acid groups (broad SMARTS) is 1. The van der Waals surface area contributed by atoms with Crippen molar-refractivity contribution >= 4 is 27.5 Å². The predicted octanol–water partition coefficient (Wildman–Crippen LogP) is 6.61. The number of aromatic nitrogens is 1. The minimum absolute atomic E-state index is 0.559. The number of pyridine rings is 1. The van der Waals surface area contributed by atoms with Gasteiger partial charge in [0.15, 0.2) is 0 Å². The Labute approximate surface area is 188 Å². The van der Waals surface area contributed by atoms with Crippen LogP contribution in [0.3, 0.4) is 0 Å². The number of rotatable bonds is 6. The van der Waals surface area contributed by atoms with E-state index in [-0.39, 0.29) is 0 Å². The summed E-state index contributed by atoms with van der Waals surface area (Å²) in [4.78, 5) is 20.1. The minimum atomic E-state index is -1.02.